The van der Waals surface area contributed by atoms with E-state index >= 15 is 0 Å². The van der Waals surface area contributed by atoms with E-state index < -0.39 is 12.7 Å². The van der Waals surface area contributed by atoms with Gasteiger partial charge in [0.2, 0.25) is 11.9 Å². The number of carbonyl (C=O) groups excluding carboxylic acids is 1. The minimum atomic E-state index is -4.32. The molecule has 0 spiro atoms. The van der Waals surface area contributed by atoms with Crippen molar-refractivity contribution in [2.24, 2.45) is 5.92 Å². The van der Waals surface area contributed by atoms with Crippen LogP contribution in [0.2, 0.25) is 0 Å². The number of alkyl halides is 3. The second-order valence-electron chi connectivity index (χ2n) is 7.14. The van der Waals surface area contributed by atoms with E-state index in [1.165, 1.54) is 12.4 Å². The van der Waals surface area contributed by atoms with Crippen LogP contribution in [0.3, 0.4) is 0 Å². The first-order valence-corrected chi connectivity index (χ1v) is 8.79. The molecule has 1 aliphatic rings. The predicted molar refractivity (Wildman–Crippen MR) is 98.0 cm³/mol. The number of likely N-dealkylation sites (N-methyl/N-ethyl adjacent to an activating group) is 1. The number of aryl methyl sites for hydroxylation is 1. The lowest BCUT2D eigenvalue weighted by Gasteiger charge is -2.36. The Labute approximate surface area is 160 Å². The number of carbonyl (C=O) groups is 1. The van der Waals surface area contributed by atoms with Crippen LogP contribution in [0.25, 0.3) is 0 Å². The van der Waals surface area contributed by atoms with Crippen molar-refractivity contribution in [3.05, 3.63) is 23.7 Å². The number of fused-ring (bicyclic) bond motifs is 1. The van der Waals surface area contributed by atoms with Crippen molar-refractivity contribution in [3.63, 3.8) is 0 Å². The van der Waals surface area contributed by atoms with Gasteiger partial charge >= 0.3 is 6.18 Å². The molecule has 0 aromatic carbocycles. The first-order valence-electron chi connectivity index (χ1n) is 8.79. The number of anilines is 3. The molecule has 0 saturated heterocycles. The van der Waals surface area contributed by atoms with Crippen LogP contribution in [-0.2, 0) is 17.9 Å². The maximum atomic E-state index is 12.4. The Balaban J connectivity index is 1.76. The summed E-state index contributed by atoms with van der Waals surface area (Å²) in [6.07, 6.45) is -1.63. The average Bonchev–Trinajstić information content (AvgIpc) is 2.99. The van der Waals surface area contributed by atoms with Crippen LogP contribution in [0.4, 0.5) is 30.6 Å². The highest BCUT2D eigenvalue weighted by molar-refractivity contribution is 6.03. The van der Waals surface area contributed by atoms with Crippen molar-refractivity contribution in [1.82, 2.24) is 19.7 Å². The monoisotopic (exact) mass is 397 g/mol. The number of aromatic nitrogens is 4. The highest BCUT2D eigenvalue weighted by Crippen LogP contribution is 2.34. The van der Waals surface area contributed by atoms with Crippen molar-refractivity contribution >= 4 is 23.4 Å². The van der Waals surface area contributed by atoms with Gasteiger partial charge in [0, 0.05) is 25.4 Å². The number of halogens is 3. The van der Waals surface area contributed by atoms with Gasteiger partial charge in [-0.05, 0) is 12.8 Å². The SMILES string of the molecule is Cc1nc(NCc2cnn(CC(F)(F)F)c2)nc2c1NC(=O)[C@H](C(C)C)N2C. The van der Waals surface area contributed by atoms with Crippen LogP contribution in [0.5, 0.6) is 0 Å². The Morgan fingerprint density at radius 1 is 1.32 bits per heavy atom. The molecule has 28 heavy (non-hydrogen) atoms. The van der Waals surface area contributed by atoms with Crippen LogP contribution >= 0.6 is 0 Å². The third kappa shape index (κ3) is 4.18. The number of amides is 1. The van der Waals surface area contributed by atoms with Crippen LogP contribution < -0.4 is 15.5 Å². The molecular weight excluding hydrogens is 375 g/mol. The number of nitrogens with zero attached hydrogens (tertiary/aromatic N) is 5. The van der Waals surface area contributed by atoms with Gasteiger partial charge in [-0.2, -0.15) is 23.3 Å². The predicted octanol–water partition coefficient (Wildman–Crippen LogP) is 2.57. The third-order valence-corrected chi connectivity index (χ3v) is 4.45. The molecule has 0 fully saturated rings. The molecule has 0 saturated carbocycles. The summed E-state index contributed by atoms with van der Waals surface area (Å²) in [5.41, 5.74) is 1.74. The van der Waals surface area contributed by atoms with Crippen LogP contribution in [0.1, 0.15) is 25.1 Å². The Morgan fingerprint density at radius 3 is 2.68 bits per heavy atom. The topological polar surface area (TPSA) is 88.0 Å². The molecule has 1 aliphatic heterocycles. The summed E-state index contributed by atoms with van der Waals surface area (Å²) >= 11 is 0. The van der Waals surface area contributed by atoms with Gasteiger partial charge in [0.1, 0.15) is 18.3 Å². The van der Waals surface area contributed by atoms with Crippen molar-refractivity contribution < 1.29 is 18.0 Å². The molecule has 2 N–H and O–H groups in total. The molecule has 3 heterocycles. The maximum absolute atomic E-state index is 12.4. The van der Waals surface area contributed by atoms with E-state index in [9.17, 15) is 18.0 Å². The van der Waals surface area contributed by atoms with Crippen molar-refractivity contribution in [1.29, 1.82) is 0 Å². The largest absolute Gasteiger partial charge is 0.408 e. The normalized spacial score (nSPS) is 16.9. The Kier molecular flexibility index (Phi) is 5.18. The minimum absolute atomic E-state index is 0.0873. The summed E-state index contributed by atoms with van der Waals surface area (Å²) in [5.74, 6) is 0.908. The van der Waals surface area contributed by atoms with Gasteiger partial charge in [-0.15, -0.1) is 0 Å². The second-order valence-corrected chi connectivity index (χ2v) is 7.14. The number of hydrogen-bond acceptors (Lipinski definition) is 6. The molecule has 0 unspecified atom stereocenters. The smallest absolute Gasteiger partial charge is 0.350 e. The quantitative estimate of drug-likeness (QED) is 0.806. The maximum Gasteiger partial charge on any atom is 0.408 e. The van der Waals surface area contributed by atoms with Gasteiger partial charge in [0.25, 0.3) is 0 Å². The van der Waals surface area contributed by atoms with Crippen molar-refractivity contribution in [2.75, 3.05) is 22.6 Å². The molecule has 3 rings (SSSR count). The molecule has 11 heteroatoms. The number of nitrogens with one attached hydrogen (secondary N) is 2. The fourth-order valence-corrected chi connectivity index (χ4v) is 3.24. The first kappa shape index (κ1) is 19.9. The molecule has 2 aromatic heterocycles. The fourth-order valence-electron chi connectivity index (χ4n) is 3.24. The highest BCUT2D eigenvalue weighted by atomic mass is 19.4. The molecule has 0 bridgehead atoms. The summed E-state index contributed by atoms with van der Waals surface area (Å²) in [6.45, 7) is 4.76. The summed E-state index contributed by atoms with van der Waals surface area (Å²) < 4.78 is 38.1. The zero-order valence-corrected chi connectivity index (χ0v) is 16.0. The van der Waals surface area contributed by atoms with E-state index in [1.807, 2.05) is 18.7 Å². The highest BCUT2D eigenvalue weighted by Gasteiger charge is 2.35. The summed E-state index contributed by atoms with van der Waals surface area (Å²) in [6, 6.07) is -0.352. The van der Waals surface area contributed by atoms with Gasteiger partial charge in [-0.25, -0.2) is 4.98 Å². The minimum Gasteiger partial charge on any atom is -0.350 e. The van der Waals surface area contributed by atoms with Gasteiger partial charge in [-0.1, -0.05) is 13.8 Å². The van der Waals surface area contributed by atoms with Crippen LogP contribution in [0, 0.1) is 12.8 Å². The van der Waals surface area contributed by atoms with E-state index in [2.05, 4.69) is 25.7 Å². The molecular formula is C17H22F3N7O. The average molecular weight is 397 g/mol. The van der Waals surface area contributed by atoms with E-state index in [4.69, 9.17) is 0 Å². The summed E-state index contributed by atoms with van der Waals surface area (Å²) in [4.78, 5) is 23.0. The lowest BCUT2D eigenvalue weighted by molar-refractivity contribution is -0.142. The fraction of sp³-hybridized carbons (Fsp3) is 0.529. The second kappa shape index (κ2) is 7.28. The molecule has 152 valence electrons. The zero-order valence-electron chi connectivity index (χ0n) is 16.0. The molecule has 1 atom stereocenters. The zero-order chi connectivity index (χ0) is 20.6. The van der Waals surface area contributed by atoms with Gasteiger partial charge in [0.05, 0.1) is 11.9 Å². The van der Waals surface area contributed by atoms with Gasteiger partial charge < -0.3 is 15.5 Å². The van der Waals surface area contributed by atoms with Crippen LogP contribution in [0.15, 0.2) is 12.4 Å². The molecule has 8 nitrogen and oxygen atoms in total. The summed E-state index contributed by atoms with van der Waals surface area (Å²) in [5, 5.41) is 9.58. The van der Waals surface area contributed by atoms with Crippen molar-refractivity contribution in [2.45, 2.75) is 46.1 Å². The number of hydrogen-bond donors (Lipinski definition) is 2. The molecule has 0 aliphatic carbocycles. The van der Waals surface area contributed by atoms with E-state index in [1.54, 1.807) is 14.0 Å². The van der Waals surface area contributed by atoms with Gasteiger partial charge in [-0.3, -0.25) is 9.48 Å². The summed E-state index contributed by atoms with van der Waals surface area (Å²) in [7, 11) is 1.81. The first-order chi connectivity index (χ1) is 13.0. The van der Waals surface area contributed by atoms with E-state index in [0.29, 0.717) is 28.7 Å². The molecule has 0 radical (unpaired) electrons. The van der Waals surface area contributed by atoms with E-state index in [0.717, 1.165) is 4.68 Å². The van der Waals surface area contributed by atoms with Crippen LogP contribution in [-0.4, -0.2) is 44.9 Å². The Bertz CT molecular complexity index is 878. The Hall–Kier alpha value is -2.85. The lowest BCUT2D eigenvalue weighted by atomic mass is 9.99. The third-order valence-electron chi connectivity index (χ3n) is 4.45. The number of rotatable bonds is 5. The van der Waals surface area contributed by atoms with E-state index in [-0.39, 0.29) is 24.4 Å². The van der Waals surface area contributed by atoms with Crippen molar-refractivity contribution in [3.8, 4) is 0 Å². The standard InChI is InChI=1S/C17H22F3N7O/c1-9(2)13-15(28)24-12-10(3)23-16(25-14(12)26(13)4)21-5-11-6-22-27(7-11)8-17(18,19)20/h6-7,9,13H,5,8H2,1-4H3,(H,24,28)(H,21,23,25)/t13-/m0/s1. The van der Waals surface area contributed by atoms with Gasteiger partial charge in [0.15, 0.2) is 5.82 Å². The molecule has 1 amide bonds. The molecule has 2 aromatic rings. The lowest BCUT2D eigenvalue weighted by Crippen LogP contribution is -2.49. The Morgan fingerprint density at radius 2 is 2.04 bits per heavy atom.